The molecule has 0 unspecified atom stereocenters. The van der Waals surface area contributed by atoms with Crippen LogP contribution in [0.3, 0.4) is 0 Å². The minimum atomic E-state index is -4.46. The number of aromatic amines is 2. The third kappa shape index (κ3) is 5.96. The van der Waals surface area contributed by atoms with E-state index in [4.69, 9.17) is 11.5 Å². The van der Waals surface area contributed by atoms with Gasteiger partial charge in [-0.05, 0) is 48.5 Å². The summed E-state index contributed by atoms with van der Waals surface area (Å²) >= 11 is 0. The van der Waals surface area contributed by atoms with Crippen molar-refractivity contribution in [3.8, 4) is 22.3 Å². The van der Waals surface area contributed by atoms with Gasteiger partial charge in [-0.25, -0.2) is 17.2 Å². The van der Waals surface area contributed by atoms with Crippen molar-refractivity contribution < 1.29 is 30.4 Å². The van der Waals surface area contributed by atoms with Crippen LogP contribution in [0.25, 0.3) is 44.1 Å². The summed E-state index contributed by atoms with van der Waals surface area (Å²) in [4.78, 5) is 6.29. The topological polar surface area (TPSA) is 118 Å². The van der Waals surface area contributed by atoms with Gasteiger partial charge in [0.05, 0.1) is 10.5 Å². The Bertz CT molecular complexity index is 2100. The van der Waals surface area contributed by atoms with E-state index in [-0.39, 0.29) is 29.4 Å². The number of benzene rings is 4. The molecule has 0 amide bonds. The van der Waals surface area contributed by atoms with Crippen LogP contribution < -0.4 is 11.5 Å². The van der Waals surface area contributed by atoms with Crippen molar-refractivity contribution in [2.24, 2.45) is 11.5 Å². The molecule has 0 radical (unpaired) electrons. The van der Waals surface area contributed by atoms with Crippen molar-refractivity contribution in [3.63, 3.8) is 0 Å². The molecular weight excluding hydrogens is 599 g/mol. The molecule has 2 heterocycles. The number of halogens is 5. The van der Waals surface area contributed by atoms with E-state index in [0.29, 0.717) is 44.4 Å². The van der Waals surface area contributed by atoms with Gasteiger partial charge in [-0.1, -0.05) is 36.4 Å². The lowest BCUT2D eigenvalue weighted by Gasteiger charge is -2.08. The van der Waals surface area contributed by atoms with Crippen LogP contribution >= 0.6 is 0 Å². The van der Waals surface area contributed by atoms with Gasteiger partial charge in [0.25, 0.3) is 0 Å². The molecule has 44 heavy (non-hydrogen) atoms. The molecule has 6 rings (SSSR count). The van der Waals surface area contributed by atoms with Crippen molar-refractivity contribution in [1.82, 2.24) is 9.97 Å². The van der Waals surface area contributed by atoms with E-state index < -0.39 is 27.4 Å². The predicted octanol–water partition coefficient (Wildman–Crippen LogP) is 7.29. The highest BCUT2D eigenvalue weighted by atomic mass is 32.2. The molecule has 6 aromatic rings. The van der Waals surface area contributed by atoms with Crippen molar-refractivity contribution in [2.45, 2.75) is 24.2 Å². The Morgan fingerprint density at radius 2 is 1.14 bits per heavy atom. The molecule has 2 aromatic heterocycles. The summed E-state index contributed by atoms with van der Waals surface area (Å²) in [7, 11) is -3.34. The van der Waals surface area contributed by atoms with Gasteiger partial charge in [-0.15, -0.1) is 0 Å². The lowest BCUT2D eigenvalue weighted by Crippen LogP contribution is -2.04. The van der Waals surface area contributed by atoms with Gasteiger partial charge in [0.15, 0.2) is 9.84 Å². The lowest BCUT2D eigenvalue weighted by molar-refractivity contribution is -0.137. The van der Waals surface area contributed by atoms with Gasteiger partial charge in [0.2, 0.25) is 0 Å². The number of rotatable bonds is 5. The number of aromatic nitrogens is 2. The van der Waals surface area contributed by atoms with E-state index in [1.807, 2.05) is 0 Å². The lowest BCUT2D eigenvalue weighted by atomic mass is 10.00. The molecule has 228 valence electrons. The normalized spacial score (nSPS) is 12.0. The number of sulfone groups is 1. The Morgan fingerprint density at radius 3 is 1.57 bits per heavy atom. The Labute approximate surface area is 249 Å². The van der Waals surface area contributed by atoms with Gasteiger partial charge in [-0.2, -0.15) is 13.2 Å². The van der Waals surface area contributed by atoms with Gasteiger partial charge in [0.1, 0.15) is 11.6 Å². The summed E-state index contributed by atoms with van der Waals surface area (Å²) in [5.74, 6) is -0.877. The molecule has 0 saturated heterocycles. The van der Waals surface area contributed by atoms with Crippen LogP contribution in [-0.4, -0.2) is 24.6 Å². The fourth-order valence-electron chi connectivity index (χ4n) is 5.13. The molecule has 0 saturated carbocycles. The van der Waals surface area contributed by atoms with Crippen LogP contribution in [0, 0.1) is 11.6 Å². The van der Waals surface area contributed by atoms with Crippen molar-refractivity contribution >= 4 is 31.6 Å². The standard InChI is InChI=1S/C16H12F4N2.C16H15FN2O2S/c17-12-4-2-1-3-10(12)15-11-7-9(16(18,19)20)5-6-13(11)22-14(15)8-21;1-22(20,21)10-6-7-14-12(8-10)16(15(9-18)19-14)11-4-2-3-5-13(11)17/h1-7,22H,8,21H2;2-8,19H,9,18H2,1H3. The number of hydrogen-bond acceptors (Lipinski definition) is 4. The number of nitrogens with one attached hydrogen (secondary N) is 2. The maximum absolute atomic E-state index is 14.2. The zero-order valence-electron chi connectivity index (χ0n) is 23.3. The SMILES string of the molecule is CS(=O)(=O)c1ccc2[nH]c(CN)c(-c3ccccc3F)c2c1.NCc1[nH]c2ccc(C(F)(F)F)cc2c1-c1ccccc1F. The van der Waals surface area contributed by atoms with Gasteiger partial charge in [-0.3, -0.25) is 0 Å². The number of fused-ring (bicyclic) bond motifs is 2. The molecule has 0 atom stereocenters. The van der Waals surface area contributed by atoms with E-state index in [2.05, 4.69) is 9.97 Å². The molecule has 0 spiro atoms. The van der Waals surface area contributed by atoms with Gasteiger partial charge in [0, 0.05) is 74.8 Å². The third-order valence-electron chi connectivity index (χ3n) is 7.17. The summed E-state index contributed by atoms with van der Waals surface area (Å²) < 4.78 is 90.5. The van der Waals surface area contributed by atoms with Crippen LogP contribution in [0.5, 0.6) is 0 Å². The highest BCUT2D eigenvalue weighted by Crippen LogP contribution is 2.38. The highest BCUT2D eigenvalue weighted by molar-refractivity contribution is 7.90. The molecule has 0 fully saturated rings. The van der Waals surface area contributed by atoms with Crippen molar-refractivity contribution in [1.29, 1.82) is 0 Å². The molecule has 6 N–H and O–H groups in total. The first-order valence-corrected chi connectivity index (χ1v) is 15.2. The average Bonchev–Trinajstić information content (AvgIpc) is 3.54. The van der Waals surface area contributed by atoms with Crippen LogP contribution in [0.4, 0.5) is 22.0 Å². The monoisotopic (exact) mass is 626 g/mol. The minimum Gasteiger partial charge on any atom is -0.357 e. The Kier molecular flexibility index (Phi) is 8.34. The Hall–Kier alpha value is -4.52. The molecule has 4 aromatic carbocycles. The summed E-state index contributed by atoms with van der Waals surface area (Å²) in [6.07, 6.45) is -3.31. The smallest absolute Gasteiger partial charge is 0.357 e. The van der Waals surface area contributed by atoms with Crippen LogP contribution in [0.1, 0.15) is 17.0 Å². The molecule has 0 aliphatic heterocycles. The number of nitrogens with two attached hydrogens (primary N) is 2. The molecule has 6 nitrogen and oxygen atoms in total. The second-order valence-electron chi connectivity index (χ2n) is 10.1. The van der Waals surface area contributed by atoms with E-state index in [1.165, 1.54) is 36.4 Å². The van der Waals surface area contributed by atoms with Crippen molar-refractivity contribution in [2.75, 3.05) is 6.26 Å². The second kappa shape index (κ2) is 11.9. The number of hydrogen-bond donors (Lipinski definition) is 4. The van der Waals surface area contributed by atoms with Gasteiger partial charge >= 0.3 is 6.18 Å². The predicted molar refractivity (Wildman–Crippen MR) is 161 cm³/mol. The van der Waals surface area contributed by atoms with E-state index >= 15 is 0 Å². The zero-order valence-corrected chi connectivity index (χ0v) is 24.1. The molecule has 12 heteroatoms. The summed E-state index contributed by atoms with van der Waals surface area (Å²) in [5.41, 5.74) is 14.6. The van der Waals surface area contributed by atoms with Crippen LogP contribution in [-0.2, 0) is 29.1 Å². The Morgan fingerprint density at radius 1 is 0.682 bits per heavy atom. The van der Waals surface area contributed by atoms with Gasteiger partial charge < -0.3 is 21.4 Å². The van der Waals surface area contributed by atoms with E-state index in [0.717, 1.165) is 23.9 Å². The first-order valence-electron chi connectivity index (χ1n) is 13.3. The fourth-order valence-corrected chi connectivity index (χ4v) is 5.78. The largest absolute Gasteiger partial charge is 0.416 e. The van der Waals surface area contributed by atoms with Crippen LogP contribution in [0.15, 0.2) is 89.8 Å². The molecule has 0 aliphatic carbocycles. The zero-order chi connectivity index (χ0) is 31.8. The highest BCUT2D eigenvalue weighted by Gasteiger charge is 2.31. The quantitative estimate of drug-likeness (QED) is 0.150. The van der Waals surface area contributed by atoms with E-state index in [9.17, 15) is 30.4 Å². The molecular formula is C32H27F5N4O2S. The number of H-pyrrole nitrogens is 2. The minimum absolute atomic E-state index is 0.0691. The third-order valence-corrected chi connectivity index (χ3v) is 8.28. The molecule has 0 bridgehead atoms. The number of alkyl halides is 3. The summed E-state index contributed by atoms with van der Waals surface area (Å²) in [6, 6.07) is 20.4. The fraction of sp³-hybridized carbons (Fsp3) is 0.125. The first kappa shape index (κ1) is 30.9. The van der Waals surface area contributed by atoms with Crippen molar-refractivity contribution in [3.05, 3.63) is 114 Å². The first-order chi connectivity index (χ1) is 20.8. The second-order valence-corrected chi connectivity index (χ2v) is 12.1. The Balaban J connectivity index is 0.000000175. The molecule has 0 aliphatic rings. The summed E-state index contributed by atoms with van der Waals surface area (Å²) in [5, 5.41) is 0.953. The maximum Gasteiger partial charge on any atom is 0.416 e. The maximum atomic E-state index is 14.2. The van der Waals surface area contributed by atoms with Crippen LogP contribution in [0.2, 0.25) is 0 Å². The van der Waals surface area contributed by atoms with E-state index in [1.54, 1.807) is 36.4 Å². The summed E-state index contributed by atoms with van der Waals surface area (Å²) in [6.45, 7) is 0.270. The average molecular weight is 627 g/mol.